The molecule has 0 saturated carbocycles. The summed E-state index contributed by atoms with van der Waals surface area (Å²) >= 11 is 0. The predicted molar refractivity (Wildman–Crippen MR) is 66.6 cm³/mol. The number of nitrogens with two attached hydrogens (primary N) is 1. The van der Waals surface area contributed by atoms with Gasteiger partial charge in [0.1, 0.15) is 5.82 Å². The van der Waals surface area contributed by atoms with Crippen molar-refractivity contribution >= 4 is 5.91 Å². The monoisotopic (exact) mass is 292 g/mol. The van der Waals surface area contributed by atoms with E-state index in [-0.39, 0.29) is 12.5 Å². The fraction of sp³-hybridized carbons (Fsp3) is 0.462. The Labute approximate surface area is 114 Å². The maximum Gasteiger partial charge on any atom is 0.416 e. The molecular formula is C13H16F4N2O. The van der Waals surface area contributed by atoms with Crippen LogP contribution in [-0.4, -0.2) is 19.0 Å². The Morgan fingerprint density at radius 1 is 1.40 bits per heavy atom. The first-order valence-electron chi connectivity index (χ1n) is 6.10. The second-order valence-electron chi connectivity index (χ2n) is 4.58. The van der Waals surface area contributed by atoms with Crippen LogP contribution in [0.4, 0.5) is 17.6 Å². The summed E-state index contributed by atoms with van der Waals surface area (Å²) in [4.78, 5) is 11.7. The number of rotatable bonds is 5. The maximum absolute atomic E-state index is 13.4. The summed E-state index contributed by atoms with van der Waals surface area (Å²) in [6, 6.07) is 1.75. The lowest BCUT2D eigenvalue weighted by atomic mass is 10.1. The van der Waals surface area contributed by atoms with Crippen LogP contribution in [0.3, 0.4) is 0 Å². The minimum absolute atomic E-state index is 0.0674. The maximum atomic E-state index is 13.4. The van der Waals surface area contributed by atoms with Crippen molar-refractivity contribution in [1.29, 1.82) is 0 Å². The van der Waals surface area contributed by atoms with Crippen molar-refractivity contribution in [2.24, 2.45) is 11.7 Å². The third-order valence-corrected chi connectivity index (χ3v) is 2.81. The van der Waals surface area contributed by atoms with E-state index in [2.05, 4.69) is 5.32 Å². The highest BCUT2D eigenvalue weighted by molar-refractivity contribution is 5.94. The van der Waals surface area contributed by atoms with E-state index in [0.717, 1.165) is 0 Å². The molecule has 0 saturated heterocycles. The van der Waals surface area contributed by atoms with Crippen LogP contribution in [0.15, 0.2) is 18.2 Å². The molecule has 0 spiro atoms. The van der Waals surface area contributed by atoms with Crippen LogP contribution < -0.4 is 11.1 Å². The molecule has 7 heteroatoms. The molecule has 0 fully saturated rings. The van der Waals surface area contributed by atoms with Gasteiger partial charge in [-0.25, -0.2) is 4.39 Å². The fourth-order valence-electron chi connectivity index (χ4n) is 1.62. The average Bonchev–Trinajstić information content (AvgIpc) is 2.35. The lowest BCUT2D eigenvalue weighted by Crippen LogP contribution is -2.30. The number of benzene rings is 1. The quantitative estimate of drug-likeness (QED) is 0.819. The van der Waals surface area contributed by atoms with Gasteiger partial charge in [0.05, 0.1) is 11.1 Å². The highest BCUT2D eigenvalue weighted by atomic mass is 19.4. The zero-order chi connectivity index (χ0) is 15.3. The molecule has 1 aromatic carbocycles. The number of carbonyl (C=O) groups excluding carboxylic acids is 1. The van der Waals surface area contributed by atoms with Gasteiger partial charge in [0, 0.05) is 6.54 Å². The van der Waals surface area contributed by atoms with E-state index < -0.39 is 29.0 Å². The van der Waals surface area contributed by atoms with Gasteiger partial charge >= 0.3 is 6.18 Å². The number of hydrogen-bond donors (Lipinski definition) is 2. The summed E-state index contributed by atoms with van der Waals surface area (Å²) < 4.78 is 51.0. The topological polar surface area (TPSA) is 55.1 Å². The van der Waals surface area contributed by atoms with Crippen molar-refractivity contribution in [2.75, 3.05) is 13.1 Å². The first kappa shape index (κ1) is 16.4. The molecule has 0 bridgehead atoms. The van der Waals surface area contributed by atoms with Gasteiger partial charge in [0.2, 0.25) is 0 Å². The van der Waals surface area contributed by atoms with E-state index in [4.69, 9.17) is 5.73 Å². The van der Waals surface area contributed by atoms with E-state index in [1.165, 1.54) is 0 Å². The van der Waals surface area contributed by atoms with Crippen LogP contribution in [0, 0.1) is 11.7 Å². The van der Waals surface area contributed by atoms with Gasteiger partial charge in [-0.2, -0.15) is 13.2 Å². The van der Waals surface area contributed by atoms with Crippen molar-refractivity contribution in [3.8, 4) is 0 Å². The summed E-state index contributed by atoms with van der Waals surface area (Å²) in [5.74, 6) is -1.78. The molecule has 0 aliphatic carbocycles. The zero-order valence-corrected chi connectivity index (χ0v) is 10.9. The van der Waals surface area contributed by atoms with Gasteiger partial charge in [0.25, 0.3) is 5.91 Å². The third kappa shape index (κ3) is 4.48. The standard InChI is InChI=1S/C13H16F4N2O/c1-8(4-5-18)7-19-12(20)10-6-9(13(15,16)17)2-3-11(10)14/h2-3,6,8H,4-5,7,18H2,1H3,(H,19,20). The predicted octanol–water partition coefficient (Wildman–Crippen LogP) is 2.56. The van der Waals surface area contributed by atoms with Gasteiger partial charge in [-0.15, -0.1) is 0 Å². The third-order valence-electron chi connectivity index (χ3n) is 2.81. The molecule has 112 valence electrons. The van der Waals surface area contributed by atoms with E-state index >= 15 is 0 Å². The van der Waals surface area contributed by atoms with Gasteiger partial charge in [-0.05, 0) is 37.1 Å². The molecule has 0 heterocycles. The second kappa shape index (κ2) is 6.69. The van der Waals surface area contributed by atoms with Gasteiger partial charge in [0.15, 0.2) is 0 Å². The number of nitrogens with one attached hydrogen (secondary N) is 1. The molecule has 0 aliphatic rings. The van der Waals surface area contributed by atoms with E-state index in [1.54, 1.807) is 0 Å². The molecule has 0 aromatic heterocycles. The van der Waals surface area contributed by atoms with Crippen LogP contribution in [0.2, 0.25) is 0 Å². The van der Waals surface area contributed by atoms with Crippen molar-refractivity contribution in [3.63, 3.8) is 0 Å². The van der Waals surface area contributed by atoms with E-state index in [9.17, 15) is 22.4 Å². The first-order valence-corrected chi connectivity index (χ1v) is 6.10. The zero-order valence-electron chi connectivity index (χ0n) is 10.9. The van der Waals surface area contributed by atoms with Crippen LogP contribution in [0.5, 0.6) is 0 Å². The molecule has 3 N–H and O–H groups in total. The molecule has 0 radical (unpaired) electrons. The van der Waals surface area contributed by atoms with Crippen LogP contribution >= 0.6 is 0 Å². The van der Waals surface area contributed by atoms with Crippen molar-refractivity contribution in [1.82, 2.24) is 5.32 Å². The lowest BCUT2D eigenvalue weighted by Gasteiger charge is -2.13. The molecule has 1 unspecified atom stereocenters. The summed E-state index contributed by atoms with van der Waals surface area (Å²) in [5, 5.41) is 2.40. The Morgan fingerprint density at radius 3 is 2.60 bits per heavy atom. The number of amides is 1. The van der Waals surface area contributed by atoms with Gasteiger partial charge in [-0.3, -0.25) is 4.79 Å². The first-order chi connectivity index (χ1) is 9.25. The van der Waals surface area contributed by atoms with Crippen LogP contribution in [0.1, 0.15) is 29.3 Å². The molecule has 0 aliphatic heterocycles. The number of carbonyl (C=O) groups is 1. The van der Waals surface area contributed by atoms with Gasteiger partial charge in [-0.1, -0.05) is 6.92 Å². The minimum Gasteiger partial charge on any atom is -0.352 e. The summed E-state index contributed by atoms with van der Waals surface area (Å²) in [6.45, 7) is 2.50. The Kier molecular flexibility index (Phi) is 5.50. The van der Waals surface area contributed by atoms with Crippen LogP contribution in [0.25, 0.3) is 0 Å². The average molecular weight is 292 g/mol. The van der Waals surface area contributed by atoms with Crippen molar-refractivity contribution in [3.05, 3.63) is 35.1 Å². The Balaban J connectivity index is 2.82. The summed E-state index contributed by atoms with van der Waals surface area (Å²) in [5.41, 5.74) is 3.67. The number of hydrogen-bond acceptors (Lipinski definition) is 2. The molecule has 1 rings (SSSR count). The molecule has 1 atom stereocenters. The second-order valence-corrected chi connectivity index (χ2v) is 4.58. The highest BCUT2D eigenvalue weighted by Gasteiger charge is 2.31. The smallest absolute Gasteiger partial charge is 0.352 e. The molecular weight excluding hydrogens is 276 g/mol. The lowest BCUT2D eigenvalue weighted by molar-refractivity contribution is -0.137. The Morgan fingerprint density at radius 2 is 2.05 bits per heavy atom. The molecule has 1 amide bonds. The summed E-state index contributed by atoms with van der Waals surface area (Å²) in [7, 11) is 0. The van der Waals surface area contributed by atoms with Crippen molar-refractivity contribution in [2.45, 2.75) is 19.5 Å². The minimum atomic E-state index is -4.62. The SMILES string of the molecule is CC(CCN)CNC(=O)c1cc(C(F)(F)F)ccc1F. The van der Waals surface area contributed by atoms with E-state index in [0.29, 0.717) is 31.2 Å². The Bertz CT molecular complexity index is 474. The normalized spacial score (nSPS) is 13.1. The molecule has 20 heavy (non-hydrogen) atoms. The molecule has 3 nitrogen and oxygen atoms in total. The Hall–Kier alpha value is -1.63. The van der Waals surface area contributed by atoms with Crippen LogP contribution in [-0.2, 0) is 6.18 Å². The summed E-state index contributed by atoms with van der Waals surface area (Å²) in [6.07, 6.45) is -3.96. The van der Waals surface area contributed by atoms with E-state index in [1.807, 2.05) is 6.92 Å². The highest BCUT2D eigenvalue weighted by Crippen LogP contribution is 2.30. The fourth-order valence-corrected chi connectivity index (χ4v) is 1.62. The molecule has 1 aromatic rings. The number of alkyl halides is 3. The number of halogens is 4. The largest absolute Gasteiger partial charge is 0.416 e. The van der Waals surface area contributed by atoms with Crippen molar-refractivity contribution < 1.29 is 22.4 Å². The van der Waals surface area contributed by atoms with Gasteiger partial charge < -0.3 is 11.1 Å².